The van der Waals surface area contributed by atoms with Gasteiger partial charge in [-0.05, 0) is 82.4 Å². The predicted molar refractivity (Wildman–Crippen MR) is 145 cm³/mol. The molecular formula is C23H39NO6SSi3. The van der Waals surface area contributed by atoms with E-state index < -0.39 is 46.6 Å². The second-order valence-corrected chi connectivity index (χ2v) is 21.5. The van der Waals surface area contributed by atoms with Gasteiger partial charge in [-0.15, -0.1) is 0 Å². The smallest absolute Gasteiger partial charge is 0.350 e. The molecule has 0 spiro atoms. The molecule has 0 aliphatic heterocycles. The van der Waals surface area contributed by atoms with E-state index in [9.17, 15) is 13.2 Å². The van der Waals surface area contributed by atoms with Gasteiger partial charge in [-0.25, -0.2) is 13.2 Å². The molecule has 34 heavy (non-hydrogen) atoms. The number of hydrogen-bond acceptors (Lipinski definition) is 7. The molecule has 0 aromatic heterocycles. The molecule has 0 radical (unpaired) electrons. The molecule has 1 unspecified atom stereocenters. The van der Waals surface area contributed by atoms with E-state index in [-0.39, 0.29) is 11.5 Å². The first-order valence-corrected chi connectivity index (χ1v) is 21.4. The number of allylic oxidation sites excluding steroid dienone is 2. The Balaban J connectivity index is 3.03. The van der Waals surface area contributed by atoms with E-state index in [4.69, 9.17) is 13.0 Å². The zero-order chi connectivity index (χ0) is 26.0. The second kappa shape index (κ2) is 13.4. The Bertz CT molecular complexity index is 988. The van der Waals surface area contributed by atoms with Gasteiger partial charge in [-0.1, -0.05) is 24.3 Å². The molecule has 0 aliphatic carbocycles. The Morgan fingerprint density at radius 2 is 1.74 bits per heavy atom. The first-order valence-electron chi connectivity index (χ1n) is 11.3. The summed E-state index contributed by atoms with van der Waals surface area (Å²) in [7, 11) is -7.58. The highest BCUT2D eigenvalue weighted by Crippen LogP contribution is 2.21. The third-order valence-electron chi connectivity index (χ3n) is 4.20. The van der Waals surface area contributed by atoms with E-state index in [0.717, 1.165) is 0 Å². The lowest BCUT2D eigenvalue weighted by molar-refractivity contribution is -0.137. The molecule has 0 fully saturated rings. The van der Waals surface area contributed by atoms with Gasteiger partial charge in [0.1, 0.15) is 0 Å². The quantitative estimate of drug-likeness (QED) is 0.159. The summed E-state index contributed by atoms with van der Waals surface area (Å²) < 4.78 is 43.6. The molecule has 1 atom stereocenters. The number of sulfone groups is 1. The van der Waals surface area contributed by atoms with Crippen LogP contribution in [0.3, 0.4) is 0 Å². The van der Waals surface area contributed by atoms with Gasteiger partial charge in [-0.3, -0.25) is 0 Å². The summed E-state index contributed by atoms with van der Waals surface area (Å²) >= 11 is 0. The van der Waals surface area contributed by atoms with Gasteiger partial charge in [-0.2, -0.15) is 0 Å². The van der Waals surface area contributed by atoms with Crippen molar-refractivity contribution in [2.45, 2.75) is 51.1 Å². The number of ether oxygens (including phenoxy) is 1. The van der Waals surface area contributed by atoms with Crippen LogP contribution in [0.5, 0.6) is 0 Å². The number of nitrogens with zero attached hydrogens (tertiary/aromatic N) is 1. The summed E-state index contributed by atoms with van der Waals surface area (Å²) in [5.74, 6) is -0.876. The third-order valence-corrected chi connectivity index (χ3v) is 14.6. The Labute approximate surface area is 209 Å². The molecule has 0 saturated carbocycles. The Morgan fingerprint density at radius 1 is 1.12 bits per heavy atom. The van der Waals surface area contributed by atoms with E-state index in [1.807, 2.05) is 18.0 Å². The summed E-state index contributed by atoms with van der Waals surface area (Å²) in [4.78, 5) is 13.9. The van der Waals surface area contributed by atoms with Crippen molar-refractivity contribution in [3.63, 3.8) is 0 Å². The highest BCUT2D eigenvalue weighted by molar-refractivity contribution is 7.96. The van der Waals surface area contributed by atoms with Crippen LogP contribution in [0.4, 0.5) is 0 Å². The second-order valence-electron chi connectivity index (χ2n) is 9.15. The fourth-order valence-corrected chi connectivity index (χ4v) is 14.8. The van der Waals surface area contributed by atoms with Crippen LogP contribution in [0.1, 0.15) is 6.92 Å². The highest BCUT2D eigenvalue weighted by atomic mass is 32.2. The standard InChI is InChI=1S/C23H39NO6SSi3/c1-9-28-23(25)22(31(26,27)21-15-11-10-12-16-21)17-13-18-24(2)19-14-20-34(8,29-32(3)4)30-33(5,6)7/h10-18,20,32H,9,19H2,1-8H3/b18-13+,20-14+,22-17+. The molecule has 190 valence electrons. The fourth-order valence-electron chi connectivity index (χ4n) is 3.14. The number of esters is 1. The van der Waals surface area contributed by atoms with Crippen LogP contribution >= 0.6 is 0 Å². The maximum absolute atomic E-state index is 13.0. The molecule has 0 bridgehead atoms. The van der Waals surface area contributed by atoms with Gasteiger partial charge in [0.2, 0.25) is 9.84 Å². The summed E-state index contributed by atoms with van der Waals surface area (Å²) in [5, 5.41) is 0. The lowest BCUT2D eigenvalue weighted by Gasteiger charge is -2.33. The number of hydrogen-bond donors (Lipinski definition) is 0. The summed E-state index contributed by atoms with van der Waals surface area (Å²) in [6.07, 6.45) is 6.54. The molecule has 7 nitrogen and oxygen atoms in total. The topological polar surface area (TPSA) is 82.1 Å². The predicted octanol–water partition coefficient (Wildman–Crippen LogP) is 4.37. The van der Waals surface area contributed by atoms with Crippen molar-refractivity contribution in [3.8, 4) is 0 Å². The Morgan fingerprint density at radius 3 is 2.26 bits per heavy atom. The minimum Gasteiger partial charge on any atom is -0.462 e. The maximum atomic E-state index is 13.0. The van der Waals surface area contributed by atoms with Crippen molar-refractivity contribution >= 4 is 41.7 Å². The molecule has 0 N–H and O–H groups in total. The van der Waals surface area contributed by atoms with Crippen LogP contribution < -0.4 is 0 Å². The van der Waals surface area contributed by atoms with Crippen molar-refractivity contribution < 1.29 is 26.2 Å². The van der Waals surface area contributed by atoms with E-state index in [2.05, 4.69) is 45.0 Å². The number of carbonyl (C=O) groups is 1. The van der Waals surface area contributed by atoms with Crippen LogP contribution in [0.25, 0.3) is 0 Å². The minimum atomic E-state index is -4.00. The van der Waals surface area contributed by atoms with Gasteiger partial charge in [0, 0.05) is 13.6 Å². The first kappa shape index (κ1) is 30.3. The number of likely N-dealkylation sites (N-methyl/N-ethyl adjacent to an activating group) is 1. The average Bonchev–Trinajstić information content (AvgIpc) is 2.69. The van der Waals surface area contributed by atoms with Crippen LogP contribution in [-0.2, 0) is 27.6 Å². The average molecular weight is 542 g/mol. The van der Waals surface area contributed by atoms with Gasteiger partial charge in [0.15, 0.2) is 22.3 Å². The van der Waals surface area contributed by atoms with E-state index >= 15 is 0 Å². The van der Waals surface area contributed by atoms with Crippen LogP contribution in [0.15, 0.2) is 70.3 Å². The fraction of sp³-hybridized carbons (Fsp3) is 0.435. The molecular weight excluding hydrogens is 503 g/mol. The largest absolute Gasteiger partial charge is 0.462 e. The lowest BCUT2D eigenvalue weighted by Crippen LogP contribution is -2.48. The molecule has 1 aromatic carbocycles. The van der Waals surface area contributed by atoms with Crippen LogP contribution in [0, 0.1) is 0 Å². The van der Waals surface area contributed by atoms with Crippen molar-refractivity contribution in [1.82, 2.24) is 4.90 Å². The number of rotatable bonds is 13. The molecule has 0 aliphatic rings. The van der Waals surface area contributed by atoms with E-state index in [1.54, 1.807) is 31.3 Å². The van der Waals surface area contributed by atoms with Gasteiger partial charge in [0.25, 0.3) is 0 Å². The molecule has 1 rings (SSSR count). The summed E-state index contributed by atoms with van der Waals surface area (Å²) in [6.45, 7) is 15.1. The highest BCUT2D eigenvalue weighted by Gasteiger charge is 2.34. The summed E-state index contributed by atoms with van der Waals surface area (Å²) in [6, 6.07) is 7.84. The Kier molecular flexibility index (Phi) is 11.9. The van der Waals surface area contributed by atoms with Gasteiger partial charge in [0.05, 0.1) is 11.5 Å². The van der Waals surface area contributed by atoms with Gasteiger partial charge >= 0.3 is 14.5 Å². The normalized spacial score (nSPS) is 15.1. The molecule has 0 heterocycles. The van der Waals surface area contributed by atoms with Crippen molar-refractivity contribution in [3.05, 3.63) is 65.4 Å². The third kappa shape index (κ3) is 10.7. The number of carbonyl (C=O) groups excluding carboxylic acids is 1. The molecule has 0 amide bonds. The van der Waals surface area contributed by atoms with Gasteiger partial charge < -0.3 is 17.9 Å². The van der Waals surface area contributed by atoms with E-state index in [1.165, 1.54) is 24.3 Å². The molecule has 11 heteroatoms. The maximum Gasteiger partial charge on any atom is 0.350 e. The monoisotopic (exact) mass is 541 g/mol. The van der Waals surface area contributed by atoms with Crippen molar-refractivity contribution in [2.24, 2.45) is 0 Å². The van der Waals surface area contributed by atoms with Crippen LogP contribution in [-0.4, -0.2) is 65.4 Å². The molecule has 0 saturated heterocycles. The zero-order valence-corrected chi connectivity index (χ0v) is 25.5. The van der Waals surface area contributed by atoms with Crippen molar-refractivity contribution in [2.75, 3.05) is 20.2 Å². The first-order chi connectivity index (χ1) is 15.7. The lowest BCUT2D eigenvalue weighted by atomic mass is 10.4. The summed E-state index contributed by atoms with van der Waals surface area (Å²) in [5.41, 5.74) is 2.07. The number of benzene rings is 1. The van der Waals surface area contributed by atoms with Crippen molar-refractivity contribution in [1.29, 1.82) is 0 Å². The SMILES string of the molecule is CCOC(=O)/C(=C\C=C\N(C)C/C=C/[Si](C)(O[SiH](C)C)O[Si](C)(C)C)S(=O)(=O)c1ccccc1. The van der Waals surface area contributed by atoms with Crippen LogP contribution in [0.2, 0.25) is 39.3 Å². The Hall–Kier alpha value is -1.77. The minimum absolute atomic E-state index is 0.0411. The zero-order valence-electron chi connectivity index (χ0n) is 21.6. The molecule has 1 aromatic rings. The van der Waals surface area contributed by atoms with E-state index in [0.29, 0.717) is 6.54 Å².